The van der Waals surface area contributed by atoms with Crippen LogP contribution in [0.1, 0.15) is 42.6 Å². The van der Waals surface area contributed by atoms with Crippen molar-refractivity contribution in [3.8, 4) is 17.2 Å². The number of benzene rings is 1. The first-order valence-corrected chi connectivity index (χ1v) is 13.1. The molecule has 1 aromatic heterocycles. The van der Waals surface area contributed by atoms with Gasteiger partial charge in [-0.05, 0) is 18.9 Å². The second-order valence-electron chi connectivity index (χ2n) is 8.79. The van der Waals surface area contributed by atoms with Crippen LogP contribution in [0.15, 0.2) is 12.1 Å². The summed E-state index contributed by atoms with van der Waals surface area (Å²) in [5.74, 6) is 1.34. The van der Waals surface area contributed by atoms with E-state index in [0.29, 0.717) is 46.9 Å². The summed E-state index contributed by atoms with van der Waals surface area (Å²) in [6, 6.07) is 3.51. The number of rotatable bonds is 7. The van der Waals surface area contributed by atoms with Gasteiger partial charge in [0.15, 0.2) is 11.5 Å². The first kappa shape index (κ1) is 24.6. The summed E-state index contributed by atoms with van der Waals surface area (Å²) in [4.78, 5) is 18.1. The van der Waals surface area contributed by atoms with E-state index >= 15 is 0 Å². The number of carbonyl (C=O) groups excluding carboxylic acids is 1. The molecule has 2 aliphatic rings. The van der Waals surface area contributed by atoms with Gasteiger partial charge in [-0.25, -0.2) is 0 Å². The lowest BCUT2D eigenvalue weighted by atomic mass is 9.96. The van der Waals surface area contributed by atoms with Crippen molar-refractivity contribution in [1.29, 1.82) is 0 Å². The lowest BCUT2D eigenvalue weighted by Gasteiger charge is -2.38. The molecular weight excluding hydrogens is 460 g/mol. The van der Waals surface area contributed by atoms with Gasteiger partial charge in [0.1, 0.15) is 11.4 Å². The molecule has 11 heteroatoms. The molecule has 2 fully saturated rings. The molecule has 1 saturated carbocycles. The Balaban J connectivity index is 1.49. The number of hydrogen-bond acceptors (Lipinski definition) is 6. The van der Waals surface area contributed by atoms with E-state index in [0.717, 1.165) is 25.7 Å². The highest BCUT2D eigenvalue weighted by atomic mass is 32.2. The molecule has 1 amide bonds. The van der Waals surface area contributed by atoms with Crippen molar-refractivity contribution >= 4 is 27.0 Å². The van der Waals surface area contributed by atoms with Gasteiger partial charge in [-0.15, -0.1) is 0 Å². The van der Waals surface area contributed by atoms with Crippen LogP contribution in [-0.2, 0) is 10.2 Å². The largest absolute Gasteiger partial charge is 0.496 e. The maximum atomic E-state index is 13.3. The molecule has 10 nitrogen and oxygen atoms in total. The van der Waals surface area contributed by atoms with Crippen LogP contribution in [0.4, 0.5) is 0 Å². The standard InChI is InChI=1S/C23H34N4O6S/c1-25(16-8-6-5-7-9-16)34(29,30)27-12-10-26(11-13-27)23(28)18-14-17-19(31-2)15-20(32-3)22(33-4)21(17)24-18/h14-16,24H,5-13H2,1-4H3. The first-order valence-electron chi connectivity index (χ1n) is 11.7. The topological polar surface area (TPSA) is 104 Å². The molecular formula is C23H34N4O6S. The van der Waals surface area contributed by atoms with Crippen molar-refractivity contribution in [2.24, 2.45) is 0 Å². The van der Waals surface area contributed by atoms with Crippen LogP contribution in [0, 0.1) is 0 Å². The molecule has 188 valence electrons. The number of amides is 1. The number of H-pyrrole nitrogens is 1. The van der Waals surface area contributed by atoms with Gasteiger partial charge in [0.2, 0.25) is 0 Å². The molecule has 0 atom stereocenters. The lowest BCUT2D eigenvalue weighted by molar-refractivity contribution is 0.0688. The van der Waals surface area contributed by atoms with Gasteiger partial charge in [-0.3, -0.25) is 4.79 Å². The van der Waals surface area contributed by atoms with Gasteiger partial charge in [0.05, 0.1) is 26.8 Å². The van der Waals surface area contributed by atoms with Crippen molar-refractivity contribution in [1.82, 2.24) is 18.5 Å². The molecule has 1 aliphatic carbocycles. The van der Waals surface area contributed by atoms with Crippen LogP contribution < -0.4 is 14.2 Å². The molecule has 0 spiro atoms. The Bertz CT molecular complexity index is 1130. The third-order valence-corrected chi connectivity index (χ3v) is 9.02. The monoisotopic (exact) mass is 494 g/mol. The number of aromatic amines is 1. The number of piperazine rings is 1. The number of nitrogens with one attached hydrogen (secondary N) is 1. The number of nitrogens with zero attached hydrogens (tertiary/aromatic N) is 3. The quantitative estimate of drug-likeness (QED) is 0.634. The normalized spacial score (nSPS) is 18.4. The minimum Gasteiger partial charge on any atom is -0.496 e. The second kappa shape index (κ2) is 10.0. The molecule has 1 aromatic carbocycles. The summed E-state index contributed by atoms with van der Waals surface area (Å²) in [6.07, 6.45) is 5.12. The fourth-order valence-corrected chi connectivity index (χ4v) is 6.54. The summed E-state index contributed by atoms with van der Waals surface area (Å²) >= 11 is 0. The fraction of sp³-hybridized carbons (Fsp3) is 0.609. The van der Waals surface area contributed by atoms with Gasteiger partial charge >= 0.3 is 0 Å². The predicted octanol–water partition coefficient (Wildman–Crippen LogP) is 2.46. The summed E-state index contributed by atoms with van der Waals surface area (Å²) in [6.45, 7) is 1.19. The van der Waals surface area contributed by atoms with E-state index in [2.05, 4.69) is 4.98 Å². The molecule has 0 radical (unpaired) electrons. The third kappa shape index (κ3) is 4.44. The number of aromatic nitrogens is 1. The molecule has 1 saturated heterocycles. The first-order chi connectivity index (χ1) is 16.3. The van der Waals surface area contributed by atoms with Gasteiger partial charge in [0, 0.05) is 50.7 Å². The van der Waals surface area contributed by atoms with Crippen molar-refractivity contribution in [2.45, 2.75) is 38.1 Å². The predicted molar refractivity (Wildman–Crippen MR) is 129 cm³/mol. The van der Waals surface area contributed by atoms with E-state index in [1.54, 1.807) is 31.2 Å². The highest BCUT2D eigenvalue weighted by Gasteiger charge is 2.35. The number of ether oxygens (including phenoxy) is 3. The number of hydrogen-bond donors (Lipinski definition) is 1. The van der Waals surface area contributed by atoms with Gasteiger partial charge < -0.3 is 24.1 Å². The minimum absolute atomic E-state index is 0.0618. The third-order valence-electron chi connectivity index (χ3n) is 6.98. The second-order valence-corrected chi connectivity index (χ2v) is 10.8. The zero-order valence-electron chi connectivity index (χ0n) is 20.3. The minimum atomic E-state index is -3.55. The van der Waals surface area contributed by atoms with Crippen molar-refractivity contribution in [3.05, 3.63) is 17.8 Å². The Morgan fingerprint density at radius 2 is 1.62 bits per heavy atom. The van der Waals surface area contributed by atoms with Crippen LogP contribution in [0.3, 0.4) is 0 Å². The van der Waals surface area contributed by atoms with E-state index in [-0.39, 0.29) is 25.0 Å². The molecule has 34 heavy (non-hydrogen) atoms. The summed E-state index contributed by atoms with van der Waals surface area (Å²) in [5, 5.41) is 0.707. The maximum Gasteiger partial charge on any atom is 0.282 e. The Hall–Kier alpha value is -2.50. The Labute approximate surface area is 200 Å². The summed E-state index contributed by atoms with van der Waals surface area (Å²) < 4.78 is 45.7. The molecule has 1 N–H and O–H groups in total. The van der Waals surface area contributed by atoms with Crippen LogP contribution >= 0.6 is 0 Å². The van der Waals surface area contributed by atoms with Gasteiger partial charge in [-0.1, -0.05) is 19.3 Å². The van der Waals surface area contributed by atoms with Crippen LogP contribution in [0.2, 0.25) is 0 Å². The Morgan fingerprint density at radius 1 is 0.971 bits per heavy atom. The molecule has 0 unspecified atom stereocenters. The van der Waals surface area contributed by atoms with E-state index in [1.165, 1.54) is 29.3 Å². The molecule has 2 aromatic rings. The molecule has 1 aliphatic heterocycles. The van der Waals surface area contributed by atoms with Crippen molar-refractivity contribution in [3.63, 3.8) is 0 Å². The summed E-state index contributed by atoms with van der Waals surface area (Å²) in [5.41, 5.74) is 0.993. The molecule has 0 bridgehead atoms. The lowest BCUT2D eigenvalue weighted by Crippen LogP contribution is -2.55. The SMILES string of the molecule is COc1cc(OC)c2cc(C(=O)N3CCN(S(=O)(=O)N(C)C4CCCCC4)CC3)[nH]c2c1OC. The zero-order valence-corrected chi connectivity index (χ0v) is 21.1. The van der Waals surface area contributed by atoms with Crippen LogP contribution in [0.5, 0.6) is 17.2 Å². The number of methoxy groups -OCH3 is 3. The Kier molecular flexibility index (Phi) is 7.25. The Morgan fingerprint density at radius 3 is 2.21 bits per heavy atom. The van der Waals surface area contributed by atoms with Gasteiger partial charge in [0.25, 0.3) is 16.1 Å². The van der Waals surface area contributed by atoms with Gasteiger partial charge in [-0.2, -0.15) is 17.0 Å². The zero-order chi connectivity index (χ0) is 24.5. The van der Waals surface area contributed by atoms with Crippen molar-refractivity contribution in [2.75, 3.05) is 54.6 Å². The van der Waals surface area contributed by atoms with E-state index < -0.39 is 10.2 Å². The summed E-state index contributed by atoms with van der Waals surface area (Å²) in [7, 11) is 2.77. The van der Waals surface area contributed by atoms with E-state index in [9.17, 15) is 13.2 Å². The van der Waals surface area contributed by atoms with Crippen molar-refractivity contribution < 1.29 is 27.4 Å². The van der Waals surface area contributed by atoms with E-state index in [4.69, 9.17) is 14.2 Å². The average Bonchev–Trinajstić information content (AvgIpc) is 3.32. The smallest absolute Gasteiger partial charge is 0.282 e. The van der Waals surface area contributed by atoms with Crippen LogP contribution in [-0.4, -0.2) is 93.4 Å². The highest BCUT2D eigenvalue weighted by molar-refractivity contribution is 7.86. The average molecular weight is 495 g/mol. The van der Waals surface area contributed by atoms with Crippen LogP contribution in [0.25, 0.3) is 10.9 Å². The number of carbonyl (C=O) groups is 1. The van der Waals surface area contributed by atoms with E-state index in [1.807, 2.05) is 0 Å². The molecule has 4 rings (SSSR count). The highest BCUT2D eigenvalue weighted by Crippen LogP contribution is 2.41. The number of fused-ring (bicyclic) bond motifs is 1. The molecule has 2 heterocycles. The maximum absolute atomic E-state index is 13.3. The fourth-order valence-electron chi connectivity index (χ4n) is 4.96.